The molecule has 2 saturated heterocycles. The van der Waals surface area contributed by atoms with Gasteiger partial charge in [-0.15, -0.1) is 0 Å². The summed E-state index contributed by atoms with van der Waals surface area (Å²) in [5.41, 5.74) is -0.821. The number of piperidine rings is 1. The lowest BCUT2D eigenvalue weighted by Gasteiger charge is -2.33. The van der Waals surface area contributed by atoms with Crippen LogP contribution in [-0.4, -0.2) is 31.4 Å². The fourth-order valence-electron chi connectivity index (χ4n) is 3.52. The standard InChI is InChI=1S/C19H27BF3NO2/c1-13-7-6-8-24(12-13)16-10-14(19(21,22)23)9-15(11-16)20-25-17(2,3)18(4,5)26-20/h9-11,13H,6-8,12H2,1-5H3. The highest BCUT2D eigenvalue weighted by Crippen LogP contribution is 2.38. The van der Waals surface area contributed by atoms with Crippen molar-refractivity contribution >= 4 is 18.3 Å². The third-order valence-electron chi connectivity index (χ3n) is 5.82. The van der Waals surface area contributed by atoms with E-state index in [0.717, 1.165) is 32.0 Å². The molecule has 1 aromatic carbocycles. The second-order valence-corrected chi connectivity index (χ2v) is 8.59. The van der Waals surface area contributed by atoms with E-state index in [2.05, 4.69) is 6.92 Å². The van der Waals surface area contributed by atoms with Crippen molar-refractivity contribution in [3.8, 4) is 0 Å². The summed E-state index contributed by atoms with van der Waals surface area (Å²) in [6.07, 6.45) is -2.31. The average molecular weight is 369 g/mol. The summed E-state index contributed by atoms with van der Waals surface area (Å²) in [5.74, 6) is 0.471. The van der Waals surface area contributed by atoms with Crippen molar-refractivity contribution in [2.45, 2.75) is 64.8 Å². The average Bonchev–Trinajstić information content (AvgIpc) is 2.74. The Labute approximate surface area is 154 Å². The third kappa shape index (κ3) is 3.74. The number of rotatable bonds is 2. The van der Waals surface area contributed by atoms with Crippen LogP contribution in [0.4, 0.5) is 18.9 Å². The Morgan fingerprint density at radius 2 is 1.69 bits per heavy atom. The van der Waals surface area contributed by atoms with Gasteiger partial charge in [0, 0.05) is 18.8 Å². The third-order valence-corrected chi connectivity index (χ3v) is 5.82. The van der Waals surface area contributed by atoms with Crippen LogP contribution in [0.1, 0.15) is 53.0 Å². The van der Waals surface area contributed by atoms with Crippen LogP contribution in [0.3, 0.4) is 0 Å². The Morgan fingerprint density at radius 1 is 1.08 bits per heavy atom. The van der Waals surface area contributed by atoms with E-state index in [4.69, 9.17) is 9.31 Å². The van der Waals surface area contributed by atoms with Crippen molar-refractivity contribution in [2.24, 2.45) is 5.92 Å². The van der Waals surface area contributed by atoms with Gasteiger partial charge in [-0.2, -0.15) is 13.2 Å². The van der Waals surface area contributed by atoms with Crippen molar-refractivity contribution < 1.29 is 22.5 Å². The van der Waals surface area contributed by atoms with Gasteiger partial charge in [-0.3, -0.25) is 0 Å². The van der Waals surface area contributed by atoms with Crippen LogP contribution >= 0.6 is 0 Å². The first-order valence-electron chi connectivity index (χ1n) is 9.22. The quantitative estimate of drug-likeness (QED) is 0.728. The summed E-state index contributed by atoms with van der Waals surface area (Å²) in [4.78, 5) is 2.04. The first kappa shape index (κ1) is 19.6. The lowest BCUT2D eigenvalue weighted by Crippen LogP contribution is -2.41. The van der Waals surface area contributed by atoms with Crippen LogP contribution in [0.5, 0.6) is 0 Å². The number of nitrogens with zero attached hydrogens (tertiary/aromatic N) is 1. The van der Waals surface area contributed by atoms with E-state index in [0.29, 0.717) is 17.1 Å². The van der Waals surface area contributed by atoms with Crippen LogP contribution in [0.2, 0.25) is 0 Å². The molecule has 2 aliphatic rings. The maximum atomic E-state index is 13.5. The molecule has 0 bridgehead atoms. The molecular weight excluding hydrogens is 342 g/mol. The Hall–Kier alpha value is -1.21. The first-order chi connectivity index (χ1) is 11.9. The summed E-state index contributed by atoms with van der Waals surface area (Å²) in [5, 5.41) is 0. The summed E-state index contributed by atoms with van der Waals surface area (Å²) < 4.78 is 52.4. The van der Waals surface area contributed by atoms with Gasteiger partial charge in [0.05, 0.1) is 16.8 Å². The molecule has 144 valence electrons. The smallest absolute Gasteiger partial charge is 0.399 e. The number of hydrogen-bond acceptors (Lipinski definition) is 3. The monoisotopic (exact) mass is 369 g/mol. The molecule has 3 rings (SSSR count). The Kier molecular flexibility index (Phi) is 4.85. The SMILES string of the molecule is CC1CCCN(c2cc(B3OC(C)(C)C(C)(C)O3)cc(C(F)(F)F)c2)C1. The van der Waals surface area contributed by atoms with E-state index in [1.165, 1.54) is 6.07 Å². The molecule has 0 N–H and O–H groups in total. The maximum absolute atomic E-state index is 13.5. The number of halogens is 3. The molecule has 3 nitrogen and oxygen atoms in total. The molecule has 0 radical (unpaired) electrons. The zero-order valence-electron chi connectivity index (χ0n) is 16.1. The number of anilines is 1. The van der Waals surface area contributed by atoms with Gasteiger partial charge in [0.2, 0.25) is 0 Å². The summed E-state index contributed by atoms with van der Waals surface area (Å²) in [6, 6.07) is 4.18. The molecule has 1 aromatic rings. The van der Waals surface area contributed by atoms with E-state index >= 15 is 0 Å². The van der Waals surface area contributed by atoms with Crippen LogP contribution in [-0.2, 0) is 15.5 Å². The van der Waals surface area contributed by atoms with Gasteiger partial charge in [0.1, 0.15) is 0 Å². The van der Waals surface area contributed by atoms with E-state index in [1.807, 2.05) is 32.6 Å². The van der Waals surface area contributed by atoms with Crippen molar-refractivity contribution in [3.05, 3.63) is 23.8 Å². The fourth-order valence-corrected chi connectivity index (χ4v) is 3.52. The minimum absolute atomic E-state index is 0.423. The Balaban J connectivity index is 1.99. The molecule has 1 unspecified atom stereocenters. The van der Waals surface area contributed by atoms with Gasteiger partial charge < -0.3 is 14.2 Å². The molecule has 0 saturated carbocycles. The van der Waals surface area contributed by atoms with Gasteiger partial charge in [-0.05, 0) is 64.1 Å². The van der Waals surface area contributed by atoms with Crippen molar-refractivity contribution in [3.63, 3.8) is 0 Å². The molecule has 2 fully saturated rings. The summed E-state index contributed by atoms with van der Waals surface area (Å²) in [7, 11) is -0.803. The molecule has 0 aromatic heterocycles. The minimum Gasteiger partial charge on any atom is -0.399 e. The molecular formula is C19H27BF3NO2. The number of benzene rings is 1. The molecule has 7 heteroatoms. The topological polar surface area (TPSA) is 21.7 Å². The normalized spacial score (nSPS) is 25.6. The number of alkyl halides is 3. The molecule has 26 heavy (non-hydrogen) atoms. The molecule has 2 heterocycles. The van der Waals surface area contributed by atoms with Crippen LogP contribution in [0.25, 0.3) is 0 Å². The van der Waals surface area contributed by atoms with Crippen LogP contribution < -0.4 is 10.4 Å². The zero-order valence-corrected chi connectivity index (χ0v) is 16.1. The van der Waals surface area contributed by atoms with Gasteiger partial charge in [0.15, 0.2) is 0 Å². The second-order valence-electron chi connectivity index (χ2n) is 8.59. The summed E-state index contributed by atoms with van der Waals surface area (Å²) >= 11 is 0. The van der Waals surface area contributed by atoms with Gasteiger partial charge in [-0.1, -0.05) is 13.0 Å². The van der Waals surface area contributed by atoms with Crippen LogP contribution in [0.15, 0.2) is 18.2 Å². The van der Waals surface area contributed by atoms with Crippen molar-refractivity contribution in [1.29, 1.82) is 0 Å². The maximum Gasteiger partial charge on any atom is 0.494 e. The van der Waals surface area contributed by atoms with E-state index in [1.54, 1.807) is 6.07 Å². The highest BCUT2D eigenvalue weighted by Gasteiger charge is 2.52. The molecule has 0 aliphatic carbocycles. The van der Waals surface area contributed by atoms with E-state index in [9.17, 15) is 13.2 Å². The highest BCUT2D eigenvalue weighted by atomic mass is 19.4. The van der Waals surface area contributed by atoms with Crippen molar-refractivity contribution in [1.82, 2.24) is 0 Å². The fraction of sp³-hybridized carbons (Fsp3) is 0.684. The van der Waals surface area contributed by atoms with Gasteiger partial charge >= 0.3 is 13.3 Å². The van der Waals surface area contributed by atoms with Crippen molar-refractivity contribution in [2.75, 3.05) is 18.0 Å². The molecule has 0 amide bonds. The first-order valence-corrected chi connectivity index (χ1v) is 9.22. The predicted molar refractivity (Wildman–Crippen MR) is 97.8 cm³/mol. The Bertz CT molecular complexity index is 659. The predicted octanol–water partition coefficient (Wildman–Crippen LogP) is 4.24. The lowest BCUT2D eigenvalue weighted by atomic mass is 9.77. The van der Waals surface area contributed by atoms with E-state index in [-0.39, 0.29) is 0 Å². The highest BCUT2D eigenvalue weighted by molar-refractivity contribution is 6.62. The van der Waals surface area contributed by atoms with Gasteiger partial charge in [0.25, 0.3) is 0 Å². The largest absolute Gasteiger partial charge is 0.494 e. The van der Waals surface area contributed by atoms with E-state index < -0.39 is 30.1 Å². The van der Waals surface area contributed by atoms with Crippen LogP contribution in [0, 0.1) is 5.92 Å². The molecule has 1 atom stereocenters. The summed E-state index contributed by atoms with van der Waals surface area (Å²) in [6.45, 7) is 11.3. The van der Waals surface area contributed by atoms with Gasteiger partial charge in [-0.25, -0.2) is 0 Å². The zero-order chi connectivity index (χ0) is 19.3. The lowest BCUT2D eigenvalue weighted by molar-refractivity contribution is -0.137. The number of hydrogen-bond donors (Lipinski definition) is 0. The molecule has 0 spiro atoms. The minimum atomic E-state index is -4.41. The molecule has 2 aliphatic heterocycles. The Morgan fingerprint density at radius 3 is 2.23 bits per heavy atom. The second kappa shape index (κ2) is 6.45.